The van der Waals surface area contributed by atoms with Crippen molar-refractivity contribution in [3.8, 4) is 0 Å². The third-order valence-electron chi connectivity index (χ3n) is 1.16. The topological polar surface area (TPSA) is 17.1 Å². The van der Waals surface area contributed by atoms with Crippen molar-refractivity contribution in [3.63, 3.8) is 0 Å². The van der Waals surface area contributed by atoms with Crippen LogP contribution in [0.2, 0.25) is 0 Å². The van der Waals surface area contributed by atoms with Crippen LogP contribution < -0.4 is 0 Å². The Bertz CT molecular complexity index is 142. The van der Waals surface area contributed by atoms with E-state index in [9.17, 15) is 4.79 Å². The monoisotopic (exact) mass is 108 g/mol. The first kappa shape index (κ1) is 5.29. The SMILES string of the molecule is O=CC1=CCCC=C1. The Morgan fingerprint density at radius 2 is 2.38 bits per heavy atom. The van der Waals surface area contributed by atoms with Gasteiger partial charge in [0.15, 0.2) is 0 Å². The van der Waals surface area contributed by atoms with Gasteiger partial charge in [-0.3, -0.25) is 4.79 Å². The number of hydrogen-bond donors (Lipinski definition) is 0. The van der Waals surface area contributed by atoms with Gasteiger partial charge in [0.25, 0.3) is 0 Å². The quantitative estimate of drug-likeness (QED) is 0.465. The molecule has 0 radical (unpaired) electrons. The molecule has 0 aliphatic heterocycles. The van der Waals surface area contributed by atoms with Crippen LogP contribution in [0, 0.1) is 0 Å². The van der Waals surface area contributed by atoms with Crippen LogP contribution >= 0.6 is 0 Å². The van der Waals surface area contributed by atoms with E-state index in [-0.39, 0.29) is 0 Å². The van der Waals surface area contributed by atoms with E-state index < -0.39 is 0 Å². The van der Waals surface area contributed by atoms with Crippen LogP contribution in [-0.4, -0.2) is 6.29 Å². The van der Waals surface area contributed by atoms with Crippen LogP contribution in [0.4, 0.5) is 0 Å². The molecule has 0 amide bonds. The molecule has 0 N–H and O–H groups in total. The maximum atomic E-state index is 10.0. The number of carbonyl (C=O) groups is 1. The van der Waals surface area contributed by atoms with Crippen molar-refractivity contribution in [1.29, 1.82) is 0 Å². The van der Waals surface area contributed by atoms with E-state index in [1.165, 1.54) is 0 Å². The lowest BCUT2D eigenvalue weighted by atomic mass is 10.1. The lowest BCUT2D eigenvalue weighted by molar-refractivity contribution is -0.104. The molecule has 1 heteroatoms. The molecule has 0 bridgehead atoms. The second kappa shape index (κ2) is 2.46. The maximum Gasteiger partial charge on any atom is 0.149 e. The molecule has 8 heavy (non-hydrogen) atoms. The normalized spacial score (nSPS) is 17.8. The van der Waals surface area contributed by atoms with Crippen molar-refractivity contribution in [2.75, 3.05) is 0 Å². The summed E-state index contributed by atoms with van der Waals surface area (Å²) < 4.78 is 0. The van der Waals surface area contributed by atoms with Gasteiger partial charge in [0, 0.05) is 5.57 Å². The lowest BCUT2D eigenvalue weighted by Gasteiger charge is -1.95. The summed E-state index contributed by atoms with van der Waals surface area (Å²) in [6, 6.07) is 0. The van der Waals surface area contributed by atoms with E-state index in [4.69, 9.17) is 0 Å². The fourth-order valence-electron chi connectivity index (χ4n) is 0.721. The minimum Gasteiger partial charge on any atom is -0.298 e. The smallest absolute Gasteiger partial charge is 0.149 e. The third kappa shape index (κ3) is 1.06. The van der Waals surface area contributed by atoms with Gasteiger partial charge in [0.2, 0.25) is 0 Å². The molecule has 1 rings (SSSR count). The Morgan fingerprint density at radius 3 is 2.75 bits per heavy atom. The van der Waals surface area contributed by atoms with E-state index in [2.05, 4.69) is 0 Å². The lowest BCUT2D eigenvalue weighted by Crippen LogP contribution is -1.83. The highest BCUT2D eigenvalue weighted by Crippen LogP contribution is 2.05. The molecule has 0 aromatic heterocycles. The summed E-state index contributed by atoms with van der Waals surface area (Å²) in [6.07, 6.45) is 8.81. The molecule has 0 aromatic rings. The Kier molecular flexibility index (Phi) is 1.62. The fourth-order valence-corrected chi connectivity index (χ4v) is 0.721. The second-order valence-electron chi connectivity index (χ2n) is 1.80. The predicted octanol–water partition coefficient (Wildman–Crippen LogP) is 1.46. The zero-order chi connectivity index (χ0) is 5.82. The molecule has 0 spiro atoms. The standard InChI is InChI=1S/C7H8O/c8-6-7-4-2-1-3-5-7/h2,4-6H,1,3H2. The Labute approximate surface area is 48.7 Å². The van der Waals surface area contributed by atoms with Crippen LogP contribution in [0.25, 0.3) is 0 Å². The van der Waals surface area contributed by atoms with Crippen LogP contribution in [-0.2, 0) is 4.79 Å². The molecule has 0 heterocycles. The zero-order valence-corrected chi connectivity index (χ0v) is 4.63. The highest BCUT2D eigenvalue weighted by molar-refractivity contribution is 5.77. The van der Waals surface area contributed by atoms with Crippen molar-refractivity contribution < 1.29 is 4.79 Å². The van der Waals surface area contributed by atoms with Crippen molar-refractivity contribution in [2.24, 2.45) is 0 Å². The minimum atomic E-state index is 0.816. The average molecular weight is 108 g/mol. The number of carbonyl (C=O) groups excluding carboxylic acids is 1. The highest BCUT2D eigenvalue weighted by atomic mass is 16.1. The number of allylic oxidation sites excluding steroid dienone is 4. The van der Waals surface area contributed by atoms with Gasteiger partial charge in [0.1, 0.15) is 6.29 Å². The third-order valence-corrected chi connectivity index (χ3v) is 1.16. The minimum absolute atomic E-state index is 0.816. The molecule has 0 fully saturated rings. The molecule has 42 valence electrons. The van der Waals surface area contributed by atoms with Crippen molar-refractivity contribution in [1.82, 2.24) is 0 Å². The van der Waals surface area contributed by atoms with E-state index in [1.54, 1.807) is 0 Å². The summed E-state index contributed by atoms with van der Waals surface area (Å²) in [4.78, 5) is 10.0. The summed E-state index contributed by atoms with van der Waals surface area (Å²) in [5.41, 5.74) is 0.816. The van der Waals surface area contributed by atoms with Gasteiger partial charge in [-0.25, -0.2) is 0 Å². The largest absolute Gasteiger partial charge is 0.298 e. The average Bonchev–Trinajstić information content (AvgIpc) is 1.90. The van der Waals surface area contributed by atoms with Gasteiger partial charge >= 0.3 is 0 Å². The number of hydrogen-bond acceptors (Lipinski definition) is 1. The molecule has 1 nitrogen and oxygen atoms in total. The molecule has 1 aliphatic carbocycles. The summed E-state index contributed by atoms with van der Waals surface area (Å²) in [7, 11) is 0. The first-order chi connectivity index (χ1) is 3.93. The molecule has 1 aliphatic rings. The summed E-state index contributed by atoms with van der Waals surface area (Å²) in [6.45, 7) is 0. The fraction of sp³-hybridized carbons (Fsp3) is 0.286. The van der Waals surface area contributed by atoms with Crippen LogP contribution in [0.1, 0.15) is 12.8 Å². The number of aldehydes is 1. The van der Waals surface area contributed by atoms with Gasteiger partial charge in [-0.05, 0) is 12.8 Å². The van der Waals surface area contributed by atoms with Gasteiger partial charge in [-0.15, -0.1) is 0 Å². The van der Waals surface area contributed by atoms with E-state index in [0.717, 1.165) is 24.7 Å². The van der Waals surface area contributed by atoms with Gasteiger partial charge in [0.05, 0.1) is 0 Å². The van der Waals surface area contributed by atoms with E-state index in [1.807, 2.05) is 18.2 Å². The molecular formula is C7H8O. The molecule has 0 saturated carbocycles. The van der Waals surface area contributed by atoms with E-state index >= 15 is 0 Å². The maximum absolute atomic E-state index is 10.0. The Balaban J connectivity index is 2.64. The molecule has 0 atom stereocenters. The second-order valence-corrected chi connectivity index (χ2v) is 1.80. The van der Waals surface area contributed by atoms with Gasteiger partial charge in [-0.2, -0.15) is 0 Å². The Morgan fingerprint density at radius 1 is 1.50 bits per heavy atom. The first-order valence-corrected chi connectivity index (χ1v) is 2.75. The summed E-state index contributed by atoms with van der Waals surface area (Å²) >= 11 is 0. The predicted molar refractivity (Wildman–Crippen MR) is 32.5 cm³/mol. The summed E-state index contributed by atoms with van der Waals surface area (Å²) in [5, 5.41) is 0. The van der Waals surface area contributed by atoms with Crippen LogP contribution in [0.15, 0.2) is 23.8 Å². The first-order valence-electron chi connectivity index (χ1n) is 2.75. The molecule has 0 aromatic carbocycles. The van der Waals surface area contributed by atoms with Gasteiger partial charge < -0.3 is 0 Å². The van der Waals surface area contributed by atoms with Crippen molar-refractivity contribution in [2.45, 2.75) is 12.8 Å². The van der Waals surface area contributed by atoms with Gasteiger partial charge in [-0.1, -0.05) is 18.2 Å². The van der Waals surface area contributed by atoms with Crippen molar-refractivity contribution in [3.05, 3.63) is 23.8 Å². The molecule has 0 saturated heterocycles. The van der Waals surface area contributed by atoms with Crippen LogP contribution in [0.5, 0.6) is 0 Å². The molecule has 0 unspecified atom stereocenters. The Hall–Kier alpha value is -0.850. The number of rotatable bonds is 1. The van der Waals surface area contributed by atoms with Crippen LogP contribution in [0.3, 0.4) is 0 Å². The highest BCUT2D eigenvalue weighted by Gasteiger charge is 1.91. The summed E-state index contributed by atoms with van der Waals surface area (Å²) in [5.74, 6) is 0. The van der Waals surface area contributed by atoms with E-state index in [0.29, 0.717) is 0 Å². The molecular weight excluding hydrogens is 100 g/mol. The van der Waals surface area contributed by atoms with Crippen molar-refractivity contribution >= 4 is 6.29 Å². The zero-order valence-electron chi connectivity index (χ0n) is 4.63.